The van der Waals surface area contributed by atoms with Gasteiger partial charge in [-0.25, -0.2) is 0 Å². The van der Waals surface area contributed by atoms with Crippen molar-refractivity contribution in [3.05, 3.63) is 35.4 Å². The zero-order chi connectivity index (χ0) is 14.1. The summed E-state index contributed by atoms with van der Waals surface area (Å²) < 4.78 is 0. The van der Waals surface area contributed by atoms with Gasteiger partial charge in [-0.2, -0.15) is 0 Å². The summed E-state index contributed by atoms with van der Waals surface area (Å²) in [6, 6.07) is 7.31. The lowest BCUT2D eigenvalue weighted by Crippen LogP contribution is -2.34. The van der Waals surface area contributed by atoms with Gasteiger partial charge >= 0.3 is 0 Å². The highest BCUT2D eigenvalue weighted by Gasteiger charge is 2.06. The van der Waals surface area contributed by atoms with E-state index in [2.05, 4.69) is 15.8 Å². The predicted octanol–water partition coefficient (Wildman–Crippen LogP) is 0.397. The fourth-order valence-corrected chi connectivity index (χ4v) is 1.62. The van der Waals surface area contributed by atoms with E-state index in [1.54, 1.807) is 6.07 Å². The lowest BCUT2D eigenvalue weighted by molar-refractivity contribution is -0.120. The number of nitrogens with one attached hydrogen (secondary N) is 2. The van der Waals surface area contributed by atoms with Crippen molar-refractivity contribution in [1.82, 2.24) is 10.6 Å². The molecule has 6 heteroatoms. The summed E-state index contributed by atoms with van der Waals surface area (Å²) in [4.78, 5) is 11.4. The first-order chi connectivity index (χ1) is 9.19. The van der Waals surface area contributed by atoms with Crippen LogP contribution in [0.4, 0.5) is 0 Å². The van der Waals surface area contributed by atoms with Gasteiger partial charge in [-0.1, -0.05) is 36.3 Å². The van der Waals surface area contributed by atoms with Gasteiger partial charge in [0.05, 0.1) is 6.54 Å². The minimum Gasteiger partial charge on any atom is -0.409 e. The smallest absolute Gasteiger partial charge is 0.233 e. The molecule has 1 rings (SSSR count). The van der Waals surface area contributed by atoms with Crippen LogP contribution in [0.5, 0.6) is 0 Å². The molecular weight excluding hydrogens is 244 g/mol. The van der Waals surface area contributed by atoms with Crippen LogP contribution in [0.1, 0.15) is 24.5 Å². The molecule has 0 heterocycles. The number of amides is 1. The number of oxime groups is 1. The van der Waals surface area contributed by atoms with Gasteiger partial charge in [0.1, 0.15) is 0 Å². The van der Waals surface area contributed by atoms with E-state index in [-0.39, 0.29) is 18.3 Å². The lowest BCUT2D eigenvalue weighted by Gasteiger charge is -2.09. The van der Waals surface area contributed by atoms with E-state index in [0.29, 0.717) is 18.7 Å². The van der Waals surface area contributed by atoms with Crippen LogP contribution < -0.4 is 16.4 Å². The predicted molar refractivity (Wildman–Crippen MR) is 74.0 cm³/mol. The summed E-state index contributed by atoms with van der Waals surface area (Å²) in [5, 5.41) is 17.5. The molecule has 0 saturated carbocycles. The minimum absolute atomic E-state index is 0.0388. The number of carbonyl (C=O) groups is 1. The van der Waals surface area contributed by atoms with Crippen molar-refractivity contribution in [1.29, 1.82) is 0 Å². The zero-order valence-electron chi connectivity index (χ0n) is 11.0. The number of nitrogens with two attached hydrogens (primary N) is 1. The van der Waals surface area contributed by atoms with Crippen LogP contribution >= 0.6 is 0 Å². The number of nitrogens with zero attached hydrogens (tertiary/aromatic N) is 1. The molecule has 0 radical (unpaired) electrons. The number of amidine groups is 1. The zero-order valence-corrected chi connectivity index (χ0v) is 11.0. The van der Waals surface area contributed by atoms with Crippen molar-refractivity contribution in [3.63, 3.8) is 0 Å². The number of hydrogen-bond donors (Lipinski definition) is 4. The third kappa shape index (κ3) is 4.97. The molecule has 0 spiro atoms. The molecule has 5 N–H and O–H groups in total. The Balaban J connectivity index is 2.52. The van der Waals surface area contributed by atoms with Crippen LogP contribution in [0.25, 0.3) is 0 Å². The second-order valence-corrected chi connectivity index (χ2v) is 4.10. The van der Waals surface area contributed by atoms with E-state index in [4.69, 9.17) is 10.9 Å². The van der Waals surface area contributed by atoms with Crippen LogP contribution in [0.15, 0.2) is 29.4 Å². The summed E-state index contributed by atoms with van der Waals surface area (Å²) in [5.74, 6) is 0.0240. The number of hydrogen-bond acceptors (Lipinski definition) is 4. The van der Waals surface area contributed by atoms with E-state index in [0.717, 1.165) is 12.0 Å². The van der Waals surface area contributed by atoms with E-state index < -0.39 is 0 Å². The molecule has 0 fully saturated rings. The Labute approximate surface area is 112 Å². The van der Waals surface area contributed by atoms with Crippen LogP contribution in [-0.4, -0.2) is 30.0 Å². The Morgan fingerprint density at radius 3 is 2.84 bits per heavy atom. The molecule has 104 valence electrons. The van der Waals surface area contributed by atoms with Crippen molar-refractivity contribution >= 4 is 11.7 Å². The van der Waals surface area contributed by atoms with Crippen molar-refractivity contribution in [2.75, 3.05) is 13.1 Å². The third-order valence-electron chi connectivity index (χ3n) is 2.57. The molecule has 0 atom stereocenters. The Morgan fingerprint density at radius 2 is 2.16 bits per heavy atom. The quantitative estimate of drug-likeness (QED) is 0.248. The summed E-state index contributed by atoms with van der Waals surface area (Å²) in [7, 11) is 0. The van der Waals surface area contributed by atoms with Gasteiger partial charge in [-0.3, -0.25) is 4.79 Å². The van der Waals surface area contributed by atoms with Gasteiger partial charge in [0.25, 0.3) is 0 Å². The second-order valence-electron chi connectivity index (χ2n) is 4.10. The van der Waals surface area contributed by atoms with Gasteiger partial charge < -0.3 is 21.6 Å². The average Bonchev–Trinajstić information content (AvgIpc) is 2.44. The molecular formula is C13H20N4O2. The maximum atomic E-state index is 11.4. The summed E-state index contributed by atoms with van der Waals surface area (Å²) in [5.41, 5.74) is 7.12. The normalized spacial score (nSPS) is 11.3. The Kier molecular flexibility index (Phi) is 6.38. The number of carbonyl (C=O) groups excluding carboxylic acids is 1. The van der Waals surface area contributed by atoms with E-state index in [9.17, 15) is 4.79 Å². The Hall–Kier alpha value is -2.08. The first-order valence-electron chi connectivity index (χ1n) is 6.22. The molecule has 1 amide bonds. The monoisotopic (exact) mass is 264 g/mol. The molecule has 6 nitrogen and oxygen atoms in total. The fourth-order valence-electron chi connectivity index (χ4n) is 1.62. The molecule has 0 saturated heterocycles. The van der Waals surface area contributed by atoms with Crippen LogP contribution in [-0.2, 0) is 11.3 Å². The topological polar surface area (TPSA) is 99.7 Å². The highest BCUT2D eigenvalue weighted by atomic mass is 16.4. The summed E-state index contributed by atoms with van der Waals surface area (Å²) in [6.45, 7) is 3.40. The largest absolute Gasteiger partial charge is 0.409 e. The van der Waals surface area contributed by atoms with Crippen LogP contribution in [0.3, 0.4) is 0 Å². The van der Waals surface area contributed by atoms with Gasteiger partial charge in [0, 0.05) is 18.7 Å². The maximum Gasteiger partial charge on any atom is 0.233 e. The average molecular weight is 264 g/mol. The molecule has 19 heavy (non-hydrogen) atoms. The molecule has 0 unspecified atom stereocenters. The molecule has 1 aromatic carbocycles. The van der Waals surface area contributed by atoms with Crippen molar-refractivity contribution < 1.29 is 10.0 Å². The van der Waals surface area contributed by atoms with Crippen molar-refractivity contribution in [2.24, 2.45) is 10.9 Å². The second kappa shape index (κ2) is 8.10. The van der Waals surface area contributed by atoms with Crippen molar-refractivity contribution in [3.8, 4) is 0 Å². The van der Waals surface area contributed by atoms with E-state index in [1.807, 2.05) is 25.1 Å². The highest BCUT2D eigenvalue weighted by molar-refractivity contribution is 5.98. The van der Waals surface area contributed by atoms with Gasteiger partial charge in [-0.05, 0) is 12.0 Å². The highest BCUT2D eigenvalue weighted by Crippen LogP contribution is 2.07. The number of benzene rings is 1. The number of rotatable bonds is 7. The molecule has 0 aliphatic heterocycles. The third-order valence-corrected chi connectivity index (χ3v) is 2.57. The van der Waals surface area contributed by atoms with Crippen LogP contribution in [0.2, 0.25) is 0 Å². The minimum atomic E-state index is -0.0388. The molecule has 1 aromatic rings. The fraction of sp³-hybridized carbons (Fsp3) is 0.385. The van der Waals surface area contributed by atoms with Gasteiger partial charge in [-0.15, -0.1) is 0 Å². The summed E-state index contributed by atoms with van der Waals surface area (Å²) in [6.07, 6.45) is 0.915. The lowest BCUT2D eigenvalue weighted by atomic mass is 10.1. The molecule has 0 aliphatic rings. The van der Waals surface area contributed by atoms with Crippen LogP contribution in [0, 0.1) is 0 Å². The van der Waals surface area contributed by atoms with E-state index in [1.165, 1.54) is 0 Å². The van der Waals surface area contributed by atoms with Crippen molar-refractivity contribution in [2.45, 2.75) is 19.9 Å². The van der Waals surface area contributed by atoms with E-state index >= 15 is 0 Å². The first kappa shape index (κ1) is 15.0. The van der Waals surface area contributed by atoms with Gasteiger partial charge in [0.15, 0.2) is 5.84 Å². The maximum absolute atomic E-state index is 11.4. The molecule has 0 aromatic heterocycles. The molecule has 0 aliphatic carbocycles. The molecule has 0 bridgehead atoms. The summed E-state index contributed by atoms with van der Waals surface area (Å²) >= 11 is 0. The Morgan fingerprint density at radius 1 is 1.42 bits per heavy atom. The Bertz CT molecular complexity index is 446. The SMILES string of the molecule is CCCNC(=O)CNCc1ccccc1C(N)=NO. The standard InChI is InChI=1S/C13H20N4O2/c1-2-7-16-12(18)9-15-8-10-5-3-4-6-11(10)13(14)17-19/h3-6,15,19H,2,7-9H2,1H3,(H2,14,17)(H,16,18). The van der Waals surface area contributed by atoms with Gasteiger partial charge in [0.2, 0.25) is 5.91 Å². The first-order valence-corrected chi connectivity index (χ1v) is 6.22.